The van der Waals surface area contributed by atoms with E-state index >= 15 is 0 Å². The number of nitrogens with zero attached hydrogens (tertiary/aromatic N) is 2. The Morgan fingerprint density at radius 1 is 1.03 bits per heavy atom. The first-order valence-electron chi connectivity index (χ1n) is 9.71. The van der Waals surface area contributed by atoms with Crippen LogP contribution in [-0.2, 0) is 6.54 Å². The number of hydrogen-bond donors (Lipinski definition) is 2. The van der Waals surface area contributed by atoms with E-state index in [1.54, 1.807) is 30.3 Å². The van der Waals surface area contributed by atoms with Gasteiger partial charge in [0.1, 0.15) is 0 Å². The molecule has 8 heteroatoms. The molecule has 0 saturated carbocycles. The number of nitrogens with one attached hydrogen (secondary N) is 1. The molecule has 4 aromatic rings. The van der Waals surface area contributed by atoms with Gasteiger partial charge in [-0.1, -0.05) is 41.4 Å². The Hall–Kier alpha value is -3.06. The molecule has 0 unspecified atom stereocenters. The molecule has 0 spiro atoms. The van der Waals surface area contributed by atoms with Crippen LogP contribution in [0.25, 0.3) is 11.3 Å². The largest absolute Gasteiger partial charge is 0.478 e. The van der Waals surface area contributed by atoms with Gasteiger partial charge in [-0.15, -0.1) is 11.3 Å². The Kier molecular flexibility index (Phi) is 6.65. The molecule has 2 N–H and O–H groups in total. The van der Waals surface area contributed by atoms with Crippen LogP contribution in [0.3, 0.4) is 0 Å². The maximum Gasteiger partial charge on any atom is 0.335 e. The fraction of sp³-hybridized carbons (Fsp3) is 0.0833. The molecule has 0 aliphatic rings. The summed E-state index contributed by atoms with van der Waals surface area (Å²) in [4.78, 5) is 17.7. The van der Waals surface area contributed by atoms with E-state index in [4.69, 9.17) is 33.3 Å². The third-order valence-electron chi connectivity index (χ3n) is 4.94. The maximum atomic E-state index is 11.0. The molecule has 5 nitrogen and oxygen atoms in total. The summed E-state index contributed by atoms with van der Waals surface area (Å²) in [6.07, 6.45) is 0. The first-order chi connectivity index (χ1) is 15.4. The van der Waals surface area contributed by atoms with Crippen LogP contribution < -0.4 is 10.2 Å². The van der Waals surface area contributed by atoms with Crippen molar-refractivity contribution in [3.8, 4) is 11.3 Å². The standard InChI is InChI=1S/C24H19Cl2N3O2S/c1-29(19-9-5-17(6-10-19)23(30)31)24-28-22(14-32-24)16-3-7-18(8-4-16)27-13-15-2-11-20(25)21(26)12-15/h2-12,14,27H,13H2,1H3,(H,30,31). The fourth-order valence-corrected chi connectivity index (χ4v) is 4.24. The predicted molar refractivity (Wildman–Crippen MR) is 133 cm³/mol. The highest BCUT2D eigenvalue weighted by Gasteiger charge is 2.11. The van der Waals surface area contributed by atoms with Gasteiger partial charge in [0, 0.05) is 35.9 Å². The van der Waals surface area contributed by atoms with Crippen molar-refractivity contribution in [3.05, 3.63) is 93.3 Å². The number of carboxylic acids is 1. The number of aromatic carboxylic acids is 1. The van der Waals surface area contributed by atoms with Crippen molar-refractivity contribution in [2.24, 2.45) is 0 Å². The van der Waals surface area contributed by atoms with Crippen LogP contribution in [0.4, 0.5) is 16.5 Å². The summed E-state index contributed by atoms with van der Waals surface area (Å²) in [5.41, 5.74) is 5.07. The Labute approximate surface area is 199 Å². The van der Waals surface area contributed by atoms with Gasteiger partial charge in [-0.25, -0.2) is 9.78 Å². The summed E-state index contributed by atoms with van der Waals surface area (Å²) in [7, 11) is 1.91. The molecule has 0 aliphatic heterocycles. The van der Waals surface area contributed by atoms with Crippen molar-refractivity contribution in [2.45, 2.75) is 6.54 Å². The van der Waals surface area contributed by atoms with Crippen LogP contribution in [0.2, 0.25) is 10.0 Å². The molecule has 0 aliphatic carbocycles. The van der Waals surface area contributed by atoms with Crippen LogP contribution >= 0.6 is 34.5 Å². The van der Waals surface area contributed by atoms with Crippen molar-refractivity contribution < 1.29 is 9.90 Å². The second-order valence-electron chi connectivity index (χ2n) is 7.11. The van der Waals surface area contributed by atoms with Gasteiger partial charge in [0.25, 0.3) is 0 Å². The molecule has 0 fully saturated rings. The van der Waals surface area contributed by atoms with Gasteiger partial charge in [-0.05, 0) is 54.1 Å². The molecule has 0 radical (unpaired) electrons. The lowest BCUT2D eigenvalue weighted by Crippen LogP contribution is -2.09. The molecule has 162 valence electrons. The molecule has 3 aromatic carbocycles. The van der Waals surface area contributed by atoms with E-state index in [1.807, 2.05) is 53.7 Å². The molecule has 1 heterocycles. The summed E-state index contributed by atoms with van der Waals surface area (Å²) >= 11 is 13.6. The lowest BCUT2D eigenvalue weighted by Gasteiger charge is -2.15. The highest BCUT2D eigenvalue weighted by atomic mass is 35.5. The molecular formula is C24H19Cl2N3O2S. The molecule has 0 amide bonds. The van der Waals surface area contributed by atoms with Crippen molar-refractivity contribution in [2.75, 3.05) is 17.3 Å². The van der Waals surface area contributed by atoms with Gasteiger partial charge < -0.3 is 15.3 Å². The molecule has 32 heavy (non-hydrogen) atoms. The zero-order valence-corrected chi connectivity index (χ0v) is 19.4. The van der Waals surface area contributed by atoms with E-state index in [-0.39, 0.29) is 5.56 Å². The van der Waals surface area contributed by atoms with E-state index in [1.165, 1.54) is 11.3 Å². The number of rotatable bonds is 7. The van der Waals surface area contributed by atoms with E-state index in [2.05, 4.69) is 5.32 Å². The predicted octanol–water partition coefficient (Wildman–Crippen LogP) is 7.20. The van der Waals surface area contributed by atoms with E-state index in [9.17, 15) is 4.79 Å². The summed E-state index contributed by atoms with van der Waals surface area (Å²) in [5, 5.41) is 16.4. The SMILES string of the molecule is CN(c1ccc(C(=O)O)cc1)c1nc(-c2ccc(NCc3ccc(Cl)c(Cl)c3)cc2)cs1. The van der Waals surface area contributed by atoms with Crippen molar-refractivity contribution in [1.29, 1.82) is 0 Å². The van der Waals surface area contributed by atoms with E-state index in [0.29, 0.717) is 16.6 Å². The van der Waals surface area contributed by atoms with Gasteiger partial charge >= 0.3 is 5.97 Å². The van der Waals surface area contributed by atoms with Crippen LogP contribution in [0, 0.1) is 0 Å². The Balaban J connectivity index is 1.42. The van der Waals surface area contributed by atoms with Gasteiger partial charge in [-0.2, -0.15) is 0 Å². The van der Waals surface area contributed by atoms with Crippen molar-refractivity contribution >= 4 is 57.0 Å². The lowest BCUT2D eigenvalue weighted by atomic mass is 10.1. The number of benzene rings is 3. The lowest BCUT2D eigenvalue weighted by molar-refractivity contribution is 0.0697. The summed E-state index contributed by atoms with van der Waals surface area (Å²) in [6.45, 7) is 0.641. The van der Waals surface area contributed by atoms with Gasteiger partial charge in [-0.3, -0.25) is 0 Å². The normalized spacial score (nSPS) is 10.7. The van der Waals surface area contributed by atoms with Crippen LogP contribution in [0.15, 0.2) is 72.1 Å². The number of halogens is 2. The molecule has 0 bridgehead atoms. The average Bonchev–Trinajstić information content (AvgIpc) is 3.30. The van der Waals surface area contributed by atoms with Gasteiger partial charge in [0.15, 0.2) is 5.13 Å². The summed E-state index contributed by atoms with van der Waals surface area (Å²) in [6, 6.07) is 20.4. The number of aromatic nitrogens is 1. The summed E-state index contributed by atoms with van der Waals surface area (Å²) < 4.78 is 0. The quantitative estimate of drug-likeness (QED) is 0.291. The average molecular weight is 484 g/mol. The molecular weight excluding hydrogens is 465 g/mol. The smallest absolute Gasteiger partial charge is 0.335 e. The van der Waals surface area contributed by atoms with Gasteiger partial charge in [0.2, 0.25) is 0 Å². The van der Waals surface area contributed by atoms with Crippen molar-refractivity contribution in [3.63, 3.8) is 0 Å². The Morgan fingerprint density at radius 2 is 1.75 bits per heavy atom. The second-order valence-corrected chi connectivity index (χ2v) is 8.76. The number of anilines is 3. The number of thiazole rings is 1. The molecule has 4 rings (SSSR count). The van der Waals surface area contributed by atoms with Crippen molar-refractivity contribution in [1.82, 2.24) is 4.98 Å². The zero-order valence-electron chi connectivity index (χ0n) is 17.0. The molecule has 1 aromatic heterocycles. The van der Waals surface area contributed by atoms with Gasteiger partial charge in [0.05, 0.1) is 21.3 Å². The number of carboxylic acid groups (broad SMARTS) is 1. The van der Waals surface area contributed by atoms with E-state index < -0.39 is 5.97 Å². The van der Waals surface area contributed by atoms with Crippen LogP contribution in [0.1, 0.15) is 15.9 Å². The third-order valence-corrected chi connectivity index (χ3v) is 6.60. The second kappa shape index (κ2) is 9.61. The molecule has 0 saturated heterocycles. The minimum atomic E-state index is -0.939. The Bertz CT molecular complexity index is 1240. The number of hydrogen-bond acceptors (Lipinski definition) is 5. The highest BCUT2D eigenvalue weighted by molar-refractivity contribution is 7.14. The number of carbonyl (C=O) groups is 1. The fourth-order valence-electron chi connectivity index (χ4n) is 3.10. The van der Waals surface area contributed by atoms with Crippen LogP contribution in [-0.4, -0.2) is 23.1 Å². The first kappa shape index (κ1) is 22.1. The Morgan fingerprint density at radius 3 is 2.41 bits per heavy atom. The topological polar surface area (TPSA) is 65.5 Å². The van der Waals surface area contributed by atoms with Crippen LogP contribution in [0.5, 0.6) is 0 Å². The molecule has 0 atom stereocenters. The minimum absolute atomic E-state index is 0.259. The highest BCUT2D eigenvalue weighted by Crippen LogP contribution is 2.31. The van der Waals surface area contributed by atoms with E-state index in [0.717, 1.165) is 33.3 Å². The monoisotopic (exact) mass is 483 g/mol. The minimum Gasteiger partial charge on any atom is -0.478 e. The third kappa shape index (κ3) is 5.05. The summed E-state index contributed by atoms with van der Waals surface area (Å²) in [5.74, 6) is -0.939. The maximum absolute atomic E-state index is 11.0. The first-order valence-corrected chi connectivity index (χ1v) is 11.3. The zero-order chi connectivity index (χ0) is 22.7.